The van der Waals surface area contributed by atoms with Crippen LogP contribution in [0, 0.1) is 0 Å². The molecule has 0 fully saturated rings. The number of hydrogen-bond acceptors (Lipinski definition) is 3. The number of carbonyl (C=O) groups excluding carboxylic acids is 1. The molecule has 3 rings (SSSR count). The van der Waals surface area contributed by atoms with E-state index in [1.165, 1.54) is 16.7 Å². The highest BCUT2D eigenvalue weighted by atomic mass is 16.4. The molecule has 2 heterocycles. The summed E-state index contributed by atoms with van der Waals surface area (Å²) in [5.41, 5.74) is 3.16. The van der Waals surface area contributed by atoms with Crippen molar-refractivity contribution in [3.05, 3.63) is 58.8 Å². The molecule has 0 spiro atoms. The maximum atomic E-state index is 12.6. The highest BCUT2D eigenvalue weighted by molar-refractivity contribution is 5.94. The Morgan fingerprint density at radius 3 is 2.56 bits per heavy atom. The van der Waals surface area contributed by atoms with Gasteiger partial charge in [-0.05, 0) is 23.1 Å². The SMILES string of the molecule is CC(C)c1ccc(CN2Cc3cc(C(=O)O)cnc3N(C)C2=O)cc1. The molecule has 1 aromatic heterocycles. The van der Waals surface area contributed by atoms with Crippen LogP contribution in [0.5, 0.6) is 0 Å². The molecule has 0 radical (unpaired) electrons. The summed E-state index contributed by atoms with van der Waals surface area (Å²) >= 11 is 0. The Hall–Kier alpha value is -2.89. The molecule has 1 aliphatic heterocycles. The van der Waals surface area contributed by atoms with Gasteiger partial charge >= 0.3 is 12.0 Å². The number of carbonyl (C=O) groups is 2. The van der Waals surface area contributed by atoms with Gasteiger partial charge in [-0.2, -0.15) is 0 Å². The van der Waals surface area contributed by atoms with Gasteiger partial charge in [0.1, 0.15) is 5.82 Å². The molecule has 0 unspecified atom stereocenters. The normalized spacial score (nSPS) is 14.0. The maximum Gasteiger partial charge on any atom is 0.337 e. The smallest absolute Gasteiger partial charge is 0.337 e. The zero-order chi connectivity index (χ0) is 18.1. The van der Waals surface area contributed by atoms with E-state index >= 15 is 0 Å². The summed E-state index contributed by atoms with van der Waals surface area (Å²) in [6, 6.07) is 9.67. The molecule has 0 atom stereocenters. The van der Waals surface area contributed by atoms with Crippen molar-refractivity contribution in [1.29, 1.82) is 0 Å². The summed E-state index contributed by atoms with van der Waals surface area (Å²) in [7, 11) is 1.66. The molecule has 6 nitrogen and oxygen atoms in total. The number of aromatic carboxylic acids is 1. The predicted molar refractivity (Wildman–Crippen MR) is 94.8 cm³/mol. The van der Waals surface area contributed by atoms with Gasteiger partial charge in [0.15, 0.2) is 0 Å². The van der Waals surface area contributed by atoms with Gasteiger partial charge in [-0.1, -0.05) is 38.1 Å². The molecule has 2 amide bonds. The summed E-state index contributed by atoms with van der Waals surface area (Å²) in [5, 5.41) is 9.14. The van der Waals surface area contributed by atoms with Crippen LogP contribution in [-0.2, 0) is 13.1 Å². The molecule has 0 bridgehead atoms. The quantitative estimate of drug-likeness (QED) is 0.925. The van der Waals surface area contributed by atoms with Gasteiger partial charge in [0.05, 0.1) is 12.1 Å². The Morgan fingerprint density at radius 2 is 1.96 bits per heavy atom. The number of rotatable bonds is 4. The highest BCUT2D eigenvalue weighted by Gasteiger charge is 2.29. The molecule has 1 aliphatic rings. The third kappa shape index (κ3) is 3.33. The number of urea groups is 1. The lowest BCUT2D eigenvalue weighted by Gasteiger charge is -2.34. The van der Waals surface area contributed by atoms with Crippen LogP contribution in [0.15, 0.2) is 36.5 Å². The van der Waals surface area contributed by atoms with Gasteiger partial charge in [-0.25, -0.2) is 14.6 Å². The van der Waals surface area contributed by atoms with E-state index in [4.69, 9.17) is 5.11 Å². The summed E-state index contributed by atoms with van der Waals surface area (Å²) < 4.78 is 0. The molecule has 25 heavy (non-hydrogen) atoms. The van der Waals surface area contributed by atoms with Crippen molar-refractivity contribution in [3.63, 3.8) is 0 Å². The van der Waals surface area contributed by atoms with Crippen molar-refractivity contribution in [1.82, 2.24) is 9.88 Å². The lowest BCUT2D eigenvalue weighted by atomic mass is 10.0. The molecule has 6 heteroatoms. The lowest BCUT2D eigenvalue weighted by Crippen LogP contribution is -2.45. The van der Waals surface area contributed by atoms with Gasteiger partial charge in [0.25, 0.3) is 0 Å². The zero-order valence-corrected chi connectivity index (χ0v) is 14.6. The van der Waals surface area contributed by atoms with Crippen molar-refractivity contribution in [2.45, 2.75) is 32.9 Å². The first-order valence-corrected chi connectivity index (χ1v) is 8.20. The van der Waals surface area contributed by atoms with E-state index in [2.05, 4.69) is 31.0 Å². The molecule has 2 aromatic rings. The third-order valence-corrected chi connectivity index (χ3v) is 4.45. The second kappa shape index (κ2) is 6.55. The van der Waals surface area contributed by atoms with E-state index in [0.29, 0.717) is 24.8 Å². The summed E-state index contributed by atoms with van der Waals surface area (Å²) in [6.07, 6.45) is 1.28. The third-order valence-electron chi connectivity index (χ3n) is 4.45. The number of anilines is 1. The van der Waals surface area contributed by atoms with Crippen molar-refractivity contribution in [2.24, 2.45) is 0 Å². The van der Waals surface area contributed by atoms with Crippen LogP contribution >= 0.6 is 0 Å². The maximum absolute atomic E-state index is 12.6. The van der Waals surface area contributed by atoms with Gasteiger partial charge in [-0.15, -0.1) is 0 Å². The largest absolute Gasteiger partial charge is 0.478 e. The van der Waals surface area contributed by atoms with Crippen LogP contribution in [-0.4, -0.2) is 34.0 Å². The van der Waals surface area contributed by atoms with E-state index in [0.717, 1.165) is 11.1 Å². The molecule has 1 N–H and O–H groups in total. The Balaban J connectivity index is 1.84. The van der Waals surface area contributed by atoms with Crippen molar-refractivity contribution in [3.8, 4) is 0 Å². The Morgan fingerprint density at radius 1 is 1.28 bits per heavy atom. The molecule has 1 aromatic carbocycles. The Labute approximate surface area is 146 Å². The van der Waals surface area contributed by atoms with Gasteiger partial charge in [0.2, 0.25) is 0 Å². The van der Waals surface area contributed by atoms with Crippen LogP contribution in [0.4, 0.5) is 10.6 Å². The average molecular weight is 339 g/mol. The standard InChI is InChI=1S/C19H21N3O3/c1-12(2)14-6-4-13(5-7-14)10-22-11-16-8-15(18(23)24)9-20-17(16)21(3)19(22)25/h4-9,12H,10-11H2,1-3H3,(H,23,24). The Kier molecular flexibility index (Phi) is 4.44. The van der Waals surface area contributed by atoms with Gasteiger partial charge in [0, 0.05) is 25.4 Å². The molecule has 130 valence electrons. The molecule has 0 saturated heterocycles. The molecule has 0 aliphatic carbocycles. The van der Waals surface area contributed by atoms with Crippen LogP contribution in [0.1, 0.15) is 46.8 Å². The fourth-order valence-electron chi connectivity index (χ4n) is 2.97. The van der Waals surface area contributed by atoms with Gasteiger partial charge in [-0.3, -0.25) is 4.90 Å². The highest BCUT2D eigenvalue weighted by Crippen LogP contribution is 2.27. The number of carboxylic acids is 1. The van der Waals surface area contributed by atoms with E-state index in [1.54, 1.807) is 18.0 Å². The number of aromatic nitrogens is 1. The number of pyridine rings is 1. The number of hydrogen-bond donors (Lipinski definition) is 1. The monoisotopic (exact) mass is 339 g/mol. The molecular weight excluding hydrogens is 318 g/mol. The summed E-state index contributed by atoms with van der Waals surface area (Å²) in [6.45, 7) is 5.10. The molecular formula is C19H21N3O3. The van der Waals surface area contributed by atoms with Crippen LogP contribution in [0.2, 0.25) is 0 Å². The minimum Gasteiger partial charge on any atom is -0.478 e. The Bertz CT molecular complexity index is 815. The first-order valence-electron chi connectivity index (χ1n) is 8.20. The van der Waals surface area contributed by atoms with Crippen LogP contribution in [0.25, 0.3) is 0 Å². The predicted octanol–water partition coefficient (Wildman–Crippen LogP) is 3.48. The van der Waals surface area contributed by atoms with Crippen molar-refractivity contribution >= 4 is 17.8 Å². The van der Waals surface area contributed by atoms with Crippen molar-refractivity contribution < 1.29 is 14.7 Å². The van der Waals surface area contributed by atoms with Gasteiger partial charge < -0.3 is 10.0 Å². The average Bonchev–Trinajstić information content (AvgIpc) is 2.59. The number of amides is 2. The summed E-state index contributed by atoms with van der Waals surface area (Å²) in [4.78, 5) is 31.0. The van der Waals surface area contributed by atoms with E-state index in [1.807, 2.05) is 12.1 Å². The van der Waals surface area contributed by atoms with Crippen LogP contribution < -0.4 is 4.90 Å². The number of benzene rings is 1. The summed E-state index contributed by atoms with van der Waals surface area (Å²) in [5.74, 6) is -0.0451. The topological polar surface area (TPSA) is 73.7 Å². The van der Waals surface area contributed by atoms with Crippen LogP contribution in [0.3, 0.4) is 0 Å². The minimum atomic E-state index is -1.02. The second-order valence-electron chi connectivity index (χ2n) is 6.61. The number of fused-ring (bicyclic) bond motifs is 1. The first kappa shape index (κ1) is 17.0. The lowest BCUT2D eigenvalue weighted by molar-refractivity contribution is 0.0696. The first-order chi connectivity index (χ1) is 11.9. The minimum absolute atomic E-state index is 0.128. The van der Waals surface area contributed by atoms with E-state index < -0.39 is 5.97 Å². The fraction of sp³-hybridized carbons (Fsp3) is 0.316. The zero-order valence-electron chi connectivity index (χ0n) is 14.6. The number of carboxylic acid groups (broad SMARTS) is 1. The molecule has 0 saturated carbocycles. The van der Waals surface area contributed by atoms with E-state index in [-0.39, 0.29) is 11.6 Å². The van der Waals surface area contributed by atoms with E-state index in [9.17, 15) is 9.59 Å². The number of nitrogens with zero attached hydrogens (tertiary/aromatic N) is 3. The fourth-order valence-corrected chi connectivity index (χ4v) is 2.97. The van der Waals surface area contributed by atoms with Crippen molar-refractivity contribution in [2.75, 3.05) is 11.9 Å². The second-order valence-corrected chi connectivity index (χ2v) is 6.61.